The molecule has 1 heterocycles. The normalized spacial score (nSPS) is 11.4. The summed E-state index contributed by atoms with van der Waals surface area (Å²) in [6, 6.07) is 5.57. The molecule has 1 aromatic carbocycles. The molecular weight excluding hydrogens is 196 g/mol. The van der Waals surface area contributed by atoms with E-state index in [0.717, 1.165) is 11.1 Å². The Labute approximate surface area is 86.7 Å². The van der Waals surface area contributed by atoms with Gasteiger partial charge in [-0.15, -0.1) is 0 Å². The summed E-state index contributed by atoms with van der Waals surface area (Å²) in [7, 11) is 0. The summed E-state index contributed by atoms with van der Waals surface area (Å²) in [6.07, 6.45) is 0. The Bertz CT molecular complexity index is 450. The fraction of sp³-hybridized carbons (Fsp3) is 0.300. The van der Waals surface area contributed by atoms with Gasteiger partial charge in [0, 0.05) is 5.25 Å². The highest BCUT2D eigenvalue weighted by Gasteiger charge is 2.09. The SMILES string of the molecule is CC(C)Sc1nc2c(N)cccc2o1. The number of oxazole rings is 1. The lowest BCUT2D eigenvalue weighted by Gasteiger charge is -1.96. The van der Waals surface area contributed by atoms with Gasteiger partial charge in [0.2, 0.25) is 0 Å². The van der Waals surface area contributed by atoms with Crippen LogP contribution in [-0.2, 0) is 0 Å². The molecule has 0 aliphatic carbocycles. The summed E-state index contributed by atoms with van der Waals surface area (Å²) in [4.78, 5) is 4.32. The first-order chi connectivity index (χ1) is 6.66. The Hall–Kier alpha value is -1.16. The van der Waals surface area contributed by atoms with E-state index >= 15 is 0 Å². The second-order valence-corrected chi connectivity index (χ2v) is 4.87. The second kappa shape index (κ2) is 3.53. The molecule has 2 N–H and O–H groups in total. The molecule has 0 aliphatic heterocycles. The Morgan fingerprint density at radius 2 is 2.21 bits per heavy atom. The molecule has 14 heavy (non-hydrogen) atoms. The maximum Gasteiger partial charge on any atom is 0.257 e. The van der Waals surface area contributed by atoms with Crippen LogP contribution in [0.15, 0.2) is 27.8 Å². The minimum absolute atomic E-state index is 0.462. The summed E-state index contributed by atoms with van der Waals surface area (Å²) >= 11 is 1.60. The summed E-state index contributed by atoms with van der Waals surface area (Å²) in [5, 5.41) is 1.15. The molecule has 0 amide bonds. The van der Waals surface area contributed by atoms with Crippen molar-refractivity contribution in [1.82, 2.24) is 4.98 Å². The molecule has 0 unspecified atom stereocenters. The van der Waals surface area contributed by atoms with Crippen LogP contribution in [0.1, 0.15) is 13.8 Å². The van der Waals surface area contributed by atoms with E-state index in [1.165, 1.54) is 0 Å². The van der Waals surface area contributed by atoms with E-state index in [1.54, 1.807) is 11.8 Å². The molecule has 0 saturated heterocycles. The maximum atomic E-state index is 5.77. The van der Waals surface area contributed by atoms with Gasteiger partial charge in [-0.1, -0.05) is 31.7 Å². The lowest BCUT2D eigenvalue weighted by Crippen LogP contribution is -1.86. The van der Waals surface area contributed by atoms with E-state index in [4.69, 9.17) is 10.2 Å². The summed E-state index contributed by atoms with van der Waals surface area (Å²) in [5.41, 5.74) is 7.95. The van der Waals surface area contributed by atoms with Crippen molar-refractivity contribution in [2.75, 3.05) is 5.73 Å². The van der Waals surface area contributed by atoms with Gasteiger partial charge in [0.05, 0.1) is 5.69 Å². The molecule has 0 saturated carbocycles. The number of aromatic nitrogens is 1. The monoisotopic (exact) mass is 208 g/mol. The van der Waals surface area contributed by atoms with Gasteiger partial charge in [0.25, 0.3) is 5.22 Å². The zero-order chi connectivity index (χ0) is 10.1. The summed E-state index contributed by atoms with van der Waals surface area (Å²) in [5.74, 6) is 0. The van der Waals surface area contributed by atoms with Crippen molar-refractivity contribution in [3.8, 4) is 0 Å². The third-order valence-electron chi connectivity index (χ3n) is 1.77. The van der Waals surface area contributed by atoms with Crippen molar-refractivity contribution in [2.24, 2.45) is 0 Å². The largest absolute Gasteiger partial charge is 0.431 e. The Morgan fingerprint density at radius 1 is 1.43 bits per heavy atom. The molecular formula is C10H12N2OS. The number of hydrogen-bond donors (Lipinski definition) is 1. The first kappa shape index (κ1) is 9.40. The van der Waals surface area contributed by atoms with Crippen LogP contribution < -0.4 is 5.73 Å². The van der Waals surface area contributed by atoms with Gasteiger partial charge in [-0.2, -0.15) is 0 Å². The highest BCUT2D eigenvalue weighted by molar-refractivity contribution is 7.99. The molecule has 0 spiro atoms. The third-order valence-corrected chi connectivity index (χ3v) is 2.61. The van der Waals surface area contributed by atoms with Crippen LogP contribution in [-0.4, -0.2) is 10.2 Å². The highest BCUT2D eigenvalue weighted by Crippen LogP contribution is 2.28. The van der Waals surface area contributed by atoms with Crippen LogP contribution in [0.2, 0.25) is 0 Å². The minimum Gasteiger partial charge on any atom is -0.431 e. The van der Waals surface area contributed by atoms with Crippen molar-refractivity contribution < 1.29 is 4.42 Å². The Kier molecular flexibility index (Phi) is 2.37. The third kappa shape index (κ3) is 1.70. The maximum absolute atomic E-state index is 5.77. The molecule has 2 aromatic rings. The zero-order valence-electron chi connectivity index (χ0n) is 8.15. The second-order valence-electron chi connectivity index (χ2n) is 3.34. The Balaban J connectivity index is 2.46. The van der Waals surface area contributed by atoms with E-state index < -0.39 is 0 Å². The number of benzene rings is 1. The number of rotatable bonds is 2. The van der Waals surface area contributed by atoms with Crippen LogP contribution in [0.25, 0.3) is 11.1 Å². The van der Waals surface area contributed by atoms with E-state index in [2.05, 4.69) is 18.8 Å². The highest BCUT2D eigenvalue weighted by atomic mass is 32.2. The van der Waals surface area contributed by atoms with Crippen LogP contribution in [0.3, 0.4) is 0 Å². The van der Waals surface area contributed by atoms with Gasteiger partial charge in [-0.25, -0.2) is 4.98 Å². The van der Waals surface area contributed by atoms with E-state index in [-0.39, 0.29) is 0 Å². The number of nitrogen functional groups attached to an aromatic ring is 1. The van der Waals surface area contributed by atoms with E-state index in [1.807, 2.05) is 18.2 Å². The van der Waals surface area contributed by atoms with Crippen LogP contribution >= 0.6 is 11.8 Å². The number of nitrogens with zero attached hydrogens (tertiary/aromatic N) is 1. The van der Waals surface area contributed by atoms with E-state index in [9.17, 15) is 0 Å². The van der Waals surface area contributed by atoms with Gasteiger partial charge in [-0.3, -0.25) is 0 Å². The minimum atomic E-state index is 0.462. The quantitative estimate of drug-likeness (QED) is 0.609. The van der Waals surface area contributed by atoms with Gasteiger partial charge < -0.3 is 10.2 Å². The topological polar surface area (TPSA) is 52.0 Å². The molecule has 74 valence electrons. The van der Waals surface area contributed by atoms with Crippen LogP contribution in [0, 0.1) is 0 Å². The van der Waals surface area contributed by atoms with Gasteiger partial charge in [0.1, 0.15) is 5.52 Å². The van der Waals surface area contributed by atoms with E-state index in [0.29, 0.717) is 16.2 Å². The average Bonchev–Trinajstić information content (AvgIpc) is 2.47. The lowest BCUT2D eigenvalue weighted by molar-refractivity contribution is 0.488. The predicted octanol–water partition coefficient (Wildman–Crippen LogP) is 2.91. The smallest absolute Gasteiger partial charge is 0.257 e. The van der Waals surface area contributed by atoms with Crippen molar-refractivity contribution in [1.29, 1.82) is 0 Å². The molecule has 1 aromatic heterocycles. The van der Waals surface area contributed by atoms with Crippen molar-refractivity contribution in [3.05, 3.63) is 18.2 Å². The zero-order valence-corrected chi connectivity index (χ0v) is 8.97. The number of fused-ring (bicyclic) bond motifs is 1. The lowest BCUT2D eigenvalue weighted by atomic mass is 10.3. The summed E-state index contributed by atoms with van der Waals surface area (Å²) < 4.78 is 5.53. The molecule has 0 atom stereocenters. The fourth-order valence-corrected chi connectivity index (χ4v) is 1.89. The van der Waals surface area contributed by atoms with Crippen molar-refractivity contribution in [3.63, 3.8) is 0 Å². The number of anilines is 1. The molecule has 3 nitrogen and oxygen atoms in total. The Morgan fingerprint density at radius 3 is 2.86 bits per heavy atom. The molecule has 0 bridgehead atoms. The molecule has 0 fully saturated rings. The van der Waals surface area contributed by atoms with Crippen molar-refractivity contribution in [2.45, 2.75) is 24.3 Å². The number of para-hydroxylation sites is 1. The first-order valence-corrected chi connectivity index (χ1v) is 5.36. The first-order valence-electron chi connectivity index (χ1n) is 4.48. The van der Waals surface area contributed by atoms with Crippen LogP contribution in [0.4, 0.5) is 5.69 Å². The standard InChI is InChI=1S/C10H12N2OS/c1-6(2)14-10-12-9-7(11)4-3-5-8(9)13-10/h3-6H,11H2,1-2H3. The molecule has 4 heteroatoms. The van der Waals surface area contributed by atoms with Crippen LogP contribution in [0.5, 0.6) is 0 Å². The van der Waals surface area contributed by atoms with Gasteiger partial charge >= 0.3 is 0 Å². The molecule has 2 rings (SSSR count). The van der Waals surface area contributed by atoms with Gasteiger partial charge in [-0.05, 0) is 12.1 Å². The molecule has 0 aliphatic rings. The number of hydrogen-bond acceptors (Lipinski definition) is 4. The number of thioether (sulfide) groups is 1. The molecule has 0 radical (unpaired) electrons. The average molecular weight is 208 g/mol. The number of nitrogens with two attached hydrogens (primary N) is 1. The fourth-order valence-electron chi connectivity index (χ4n) is 1.20. The summed E-state index contributed by atoms with van der Waals surface area (Å²) in [6.45, 7) is 4.20. The predicted molar refractivity (Wildman–Crippen MR) is 59.4 cm³/mol. The van der Waals surface area contributed by atoms with Gasteiger partial charge in [0.15, 0.2) is 5.58 Å². The van der Waals surface area contributed by atoms with Crippen molar-refractivity contribution >= 4 is 28.5 Å².